The van der Waals surface area contributed by atoms with E-state index in [1.807, 2.05) is 48.5 Å². The maximum atomic E-state index is 13.6. The van der Waals surface area contributed by atoms with E-state index in [-0.39, 0.29) is 36.3 Å². The number of carbonyl (C=O) groups excluding carboxylic acids is 1. The quantitative estimate of drug-likeness (QED) is 0.257. The number of cyclic esters (lactones) is 1. The van der Waals surface area contributed by atoms with E-state index in [0.717, 1.165) is 26.8 Å². The Kier molecular flexibility index (Phi) is 4.41. The lowest BCUT2D eigenvalue weighted by Gasteiger charge is -2.31. The van der Waals surface area contributed by atoms with Crippen molar-refractivity contribution in [1.82, 2.24) is 4.57 Å². The molecular weight excluding hydrogens is 432 g/mol. The molecule has 1 N–H and O–H groups in total. The number of hydrogen-bond donors (Lipinski definition) is 1. The number of fused-ring (bicyclic) bond motifs is 5. The summed E-state index contributed by atoms with van der Waals surface area (Å²) < 4.78 is 7.58. The van der Waals surface area contributed by atoms with Crippen LogP contribution in [-0.4, -0.2) is 15.6 Å². The van der Waals surface area contributed by atoms with Crippen molar-refractivity contribution in [3.8, 4) is 11.4 Å². The molecule has 7 nitrogen and oxygen atoms in total. The number of nitrogens with zero attached hydrogens (tertiary/aromatic N) is 2. The second-order valence-corrected chi connectivity index (χ2v) is 8.88. The molecule has 0 saturated carbocycles. The van der Waals surface area contributed by atoms with E-state index in [4.69, 9.17) is 4.74 Å². The summed E-state index contributed by atoms with van der Waals surface area (Å²) in [6.07, 6.45) is 0.663. The van der Waals surface area contributed by atoms with Crippen LogP contribution in [0.4, 0.5) is 0 Å². The third kappa shape index (κ3) is 2.70. The van der Waals surface area contributed by atoms with Crippen LogP contribution < -0.4 is 10.3 Å². The summed E-state index contributed by atoms with van der Waals surface area (Å²) in [6, 6.07) is 19.0. The maximum Gasteiger partial charge on any atom is 0.343 e. The fraction of sp³-hybridized carbons (Fsp3) is 0.222. The van der Waals surface area contributed by atoms with Gasteiger partial charge in [0.15, 0.2) is 5.60 Å². The average molecular weight is 454 g/mol. The van der Waals surface area contributed by atoms with Gasteiger partial charge in [0.05, 0.1) is 23.1 Å². The molecule has 0 aliphatic carbocycles. The van der Waals surface area contributed by atoms with E-state index < -0.39 is 11.6 Å². The van der Waals surface area contributed by atoms with Gasteiger partial charge in [-0.05, 0) is 36.1 Å². The fourth-order valence-corrected chi connectivity index (χ4v) is 5.30. The molecule has 34 heavy (non-hydrogen) atoms. The second-order valence-electron chi connectivity index (χ2n) is 8.88. The summed E-state index contributed by atoms with van der Waals surface area (Å²) in [7, 11) is 0. The van der Waals surface area contributed by atoms with Crippen molar-refractivity contribution in [2.75, 3.05) is 0 Å². The van der Waals surface area contributed by atoms with E-state index in [0.29, 0.717) is 23.3 Å². The van der Waals surface area contributed by atoms with Gasteiger partial charge >= 0.3 is 5.97 Å². The van der Waals surface area contributed by atoms with Crippen molar-refractivity contribution >= 4 is 16.9 Å². The third-order valence-corrected chi connectivity index (χ3v) is 7.13. The van der Waals surface area contributed by atoms with Gasteiger partial charge in [0.1, 0.15) is 12.3 Å². The van der Waals surface area contributed by atoms with E-state index in [9.17, 15) is 19.9 Å². The third-order valence-electron chi connectivity index (χ3n) is 7.13. The summed E-state index contributed by atoms with van der Waals surface area (Å²) in [6.45, 7) is 1.71. The minimum absolute atomic E-state index is 0.0585. The van der Waals surface area contributed by atoms with Gasteiger partial charge in [-0.25, -0.2) is 4.79 Å². The highest BCUT2D eigenvalue weighted by molar-refractivity contribution is 5.86. The monoisotopic (exact) mass is 454 g/mol. The number of carbonyl (C=O) groups is 1. The normalized spacial score (nSPS) is 18.4. The smallest absolute Gasteiger partial charge is 0.343 e. The molecule has 6 rings (SSSR count). The lowest BCUT2D eigenvalue weighted by Crippen LogP contribution is -2.44. The Morgan fingerprint density at radius 2 is 1.82 bits per heavy atom. The molecule has 2 aliphatic rings. The molecule has 0 fully saturated rings. The molecule has 0 bridgehead atoms. The van der Waals surface area contributed by atoms with Crippen LogP contribution in [-0.2, 0) is 34.7 Å². The Bertz CT molecular complexity index is 1560. The van der Waals surface area contributed by atoms with E-state index in [1.165, 1.54) is 0 Å². The van der Waals surface area contributed by atoms with Crippen molar-refractivity contribution in [1.29, 1.82) is 0 Å². The number of aliphatic hydroxyl groups is 1. The summed E-state index contributed by atoms with van der Waals surface area (Å²) >= 11 is 0. The Morgan fingerprint density at radius 3 is 2.59 bits per heavy atom. The van der Waals surface area contributed by atoms with Crippen molar-refractivity contribution in [2.45, 2.75) is 38.5 Å². The molecule has 0 radical (unpaired) electrons. The van der Waals surface area contributed by atoms with Crippen LogP contribution in [0.1, 0.15) is 41.2 Å². The van der Waals surface area contributed by atoms with Crippen LogP contribution in [0.25, 0.3) is 22.3 Å². The van der Waals surface area contributed by atoms with E-state index >= 15 is 0 Å². The maximum absolute atomic E-state index is 13.6. The highest BCUT2D eigenvalue weighted by Crippen LogP contribution is 2.40. The largest absolute Gasteiger partial charge is 0.618 e. The minimum atomic E-state index is -1.91. The fourth-order valence-electron chi connectivity index (χ4n) is 5.30. The van der Waals surface area contributed by atoms with Crippen molar-refractivity contribution in [3.63, 3.8) is 0 Å². The Balaban J connectivity index is 1.66. The molecule has 1 atom stereocenters. The Morgan fingerprint density at radius 1 is 1.09 bits per heavy atom. The average Bonchev–Trinajstić information content (AvgIpc) is 3.25. The molecule has 0 amide bonds. The second kappa shape index (κ2) is 7.27. The van der Waals surface area contributed by atoms with Gasteiger partial charge in [-0.3, -0.25) is 9.36 Å². The van der Waals surface area contributed by atoms with Gasteiger partial charge in [-0.1, -0.05) is 49.4 Å². The molecule has 4 heterocycles. The van der Waals surface area contributed by atoms with E-state index in [2.05, 4.69) is 0 Å². The molecule has 0 spiro atoms. The summed E-state index contributed by atoms with van der Waals surface area (Å²) in [4.78, 5) is 25.9. The molecule has 2 aliphatic heterocycles. The molecule has 170 valence electrons. The highest BCUT2D eigenvalue weighted by atomic mass is 16.6. The van der Waals surface area contributed by atoms with Crippen molar-refractivity contribution < 1.29 is 19.4 Å². The predicted molar refractivity (Wildman–Crippen MR) is 125 cm³/mol. The predicted octanol–water partition coefficient (Wildman–Crippen LogP) is 2.91. The topological polar surface area (TPSA) is 95.5 Å². The molecule has 0 saturated heterocycles. The first-order chi connectivity index (χ1) is 16.4. The van der Waals surface area contributed by atoms with Crippen LogP contribution >= 0.6 is 0 Å². The first-order valence-corrected chi connectivity index (χ1v) is 11.3. The van der Waals surface area contributed by atoms with Crippen LogP contribution in [0.3, 0.4) is 0 Å². The number of esters is 1. The lowest BCUT2D eigenvalue weighted by molar-refractivity contribution is -0.565. The highest BCUT2D eigenvalue weighted by Gasteiger charge is 2.46. The summed E-state index contributed by atoms with van der Waals surface area (Å²) in [5.41, 5.74) is 2.40. The summed E-state index contributed by atoms with van der Waals surface area (Å²) in [5, 5.41) is 25.5. The minimum Gasteiger partial charge on any atom is -0.618 e. The zero-order valence-electron chi connectivity index (χ0n) is 18.6. The Hall–Kier alpha value is -3.97. The number of pyridine rings is 2. The van der Waals surface area contributed by atoms with Crippen LogP contribution in [0.2, 0.25) is 0 Å². The number of aromatic nitrogens is 2. The van der Waals surface area contributed by atoms with Crippen LogP contribution in [0.15, 0.2) is 65.5 Å². The number of rotatable bonds is 3. The zero-order chi connectivity index (χ0) is 23.6. The molecule has 7 heteroatoms. The first-order valence-electron chi connectivity index (χ1n) is 11.3. The van der Waals surface area contributed by atoms with Crippen molar-refractivity contribution in [3.05, 3.63) is 104 Å². The number of para-hydroxylation sites is 1. The molecule has 2 aromatic heterocycles. The molecule has 4 aromatic rings. The molecule has 2 aromatic carbocycles. The zero-order valence-corrected chi connectivity index (χ0v) is 18.6. The lowest BCUT2D eigenvalue weighted by atomic mass is 9.86. The van der Waals surface area contributed by atoms with Gasteiger partial charge in [0.25, 0.3) is 5.56 Å². The van der Waals surface area contributed by atoms with Gasteiger partial charge in [0, 0.05) is 11.6 Å². The van der Waals surface area contributed by atoms with Crippen LogP contribution in [0, 0.1) is 5.21 Å². The standard InChI is InChI=1S/C27H22N2O5/c1-2-27(32)21-13-23-24-19(14-28(23)25(30)20(21)15-34-26(27)31)18(12-16-8-4-3-5-9-16)17-10-6-7-11-22(17)29(24)33/h3-11,13,32H,2,12,14-15H2,1H3/t27-/m0/s1. The van der Waals surface area contributed by atoms with Gasteiger partial charge in [0.2, 0.25) is 11.2 Å². The van der Waals surface area contributed by atoms with Gasteiger partial charge in [-0.2, -0.15) is 4.73 Å². The number of ether oxygens (including phenoxy) is 1. The SMILES string of the molecule is CC[C@@]1(O)C(=O)OCc2c1cc1n(c2=O)Cc2c(Cc3ccccc3)c3ccccc3[n+]([O-])c2-1. The molecular formula is C27H22N2O5. The number of hydrogen-bond acceptors (Lipinski definition) is 5. The first kappa shape index (κ1) is 20.6. The molecule has 0 unspecified atom stereocenters. The van der Waals surface area contributed by atoms with E-state index in [1.54, 1.807) is 23.6 Å². The number of benzene rings is 2. The Labute approximate surface area is 195 Å². The van der Waals surface area contributed by atoms with Gasteiger partial charge in [-0.15, -0.1) is 0 Å². The van der Waals surface area contributed by atoms with Gasteiger partial charge < -0.3 is 15.1 Å². The van der Waals surface area contributed by atoms with Crippen LogP contribution in [0.5, 0.6) is 0 Å². The summed E-state index contributed by atoms with van der Waals surface area (Å²) in [5.74, 6) is -0.775. The van der Waals surface area contributed by atoms with Crippen molar-refractivity contribution in [2.24, 2.45) is 0 Å².